The van der Waals surface area contributed by atoms with Crippen LogP contribution in [0.5, 0.6) is 0 Å². The third-order valence-corrected chi connectivity index (χ3v) is 4.88. The molecule has 0 aromatic rings. The molecule has 1 rings (SSSR count). The molecule has 0 aliphatic carbocycles. The van der Waals surface area contributed by atoms with E-state index in [2.05, 4.69) is 40.0 Å². The first-order valence-electron chi connectivity index (χ1n) is 6.46. The van der Waals surface area contributed by atoms with Gasteiger partial charge in [0.2, 0.25) is 5.91 Å². The Morgan fingerprint density at radius 3 is 2.47 bits per heavy atom. The Morgan fingerprint density at radius 2 is 2.00 bits per heavy atom. The molecule has 1 aliphatic rings. The summed E-state index contributed by atoms with van der Waals surface area (Å²) in [6, 6.07) is 0. The van der Waals surface area contributed by atoms with Crippen molar-refractivity contribution in [2.24, 2.45) is 11.3 Å². The molecular formula is C13H25BrN2O. The van der Waals surface area contributed by atoms with Gasteiger partial charge in [0.1, 0.15) is 0 Å². The number of piperidine rings is 1. The average Bonchev–Trinajstić information content (AvgIpc) is 2.28. The molecule has 3 nitrogen and oxygen atoms in total. The van der Waals surface area contributed by atoms with Crippen molar-refractivity contribution >= 4 is 21.8 Å². The van der Waals surface area contributed by atoms with E-state index in [0.29, 0.717) is 11.3 Å². The van der Waals surface area contributed by atoms with Gasteiger partial charge in [-0.05, 0) is 37.3 Å². The molecule has 0 radical (unpaired) electrons. The van der Waals surface area contributed by atoms with Crippen molar-refractivity contribution in [3.8, 4) is 0 Å². The number of likely N-dealkylation sites (tertiary alicyclic amines) is 1. The fraction of sp³-hybridized carbons (Fsp3) is 0.923. The minimum atomic E-state index is 0.0906. The van der Waals surface area contributed by atoms with E-state index in [0.717, 1.165) is 18.4 Å². The number of hydrogen-bond donors (Lipinski definition) is 1. The molecule has 1 saturated heterocycles. The summed E-state index contributed by atoms with van der Waals surface area (Å²) in [7, 11) is 0. The predicted octanol–water partition coefficient (Wildman–Crippen LogP) is 2.26. The number of nitrogens with zero attached hydrogens (tertiary/aromatic N) is 1. The Balaban J connectivity index is 2.24. The highest BCUT2D eigenvalue weighted by atomic mass is 79.9. The van der Waals surface area contributed by atoms with Gasteiger partial charge in [-0.15, -0.1) is 0 Å². The van der Waals surface area contributed by atoms with E-state index in [9.17, 15) is 4.79 Å². The third-order valence-electron chi connectivity index (χ3n) is 3.36. The number of carbonyl (C=O) groups is 1. The van der Waals surface area contributed by atoms with Crippen molar-refractivity contribution < 1.29 is 4.79 Å². The van der Waals surface area contributed by atoms with Crippen LogP contribution in [-0.4, -0.2) is 42.3 Å². The molecule has 0 aromatic carbocycles. The van der Waals surface area contributed by atoms with Crippen molar-refractivity contribution in [3.05, 3.63) is 0 Å². The van der Waals surface area contributed by atoms with Crippen molar-refractivity contribution in [1.29, 1.82) is 0 Å². The Bertz CT molecular complexity index is 248. The molecule has 1 amide bonds. The van der Waals surface area contributed by atoms with Crippen LogP contribution in [0.2, 0.25) is 0 Å². The van der Waals surface area contributed by atoms with E-state index in [1.807, 2.05) is 0 Å². The fourth-order valence-corrected chi connectivity index (χ4v) is 2.46. The average molecular weight is 305 g/mol. The molecule has 0 atom stereocenters. The van der Waals surface area contributed by atoms with Gasteiger partial charge in [0.25, 0.3) is 0 Å². The zero-order valence-corrected chi connectivity index (χ0v) is 12.8. The molecule has 1 aliphatic heterocycles. The Hall–Kier alpha value is -0.0900. The molecule has 100 valence electrons. The topological polar surface area (TPSA) is 32.3 Å². The number of nitrogens with one attached hydrogen (secondary N) is 1. The Labute approximate surface area is 113 Å². The van der Waals surface area contributed by atoms with E-state index in [4.69, 9.17) is 0 Å². The summed E-state index contributed by atoms with van der Waals surface area (Å²) in [4.78, 5) is 13.4. The summed E-state index contributed by atoms with van der Waals surface area (Å²) in [5.74, 6) is 0.759. The van der Waals surface area contributed by atoms with Gasteiger partial charge in [-0.3, -0.25) is 4.79 Å². The standard InChI is InChI=1S/C13H25BrN2O/c1-11(17)15-8-12-4-6-16(7-5-12)10-13(2,3)9-14/h12H,4-10H2,1-3H3,(H,15,17). The van der Waals surface area contributed by atoms with Crippen molar-refractivity contribution in [1.82, 2.24) is 10.2 Å². The predicted molar refractivity (Wildman–Crippen MR) is 75.4 cm³/mol. The number of hydrogen-bond acceptors (Lipinski definition) is 2. The second-order valence-corrected chi connectivity index (χ2v) is 6.52. The number of halogens is 1. The highest BCUT2D eigenvalue weighted by molar-refractivity contribution is 9.09. The number of carbonyl (C=O) groups excluding carboxylic acids is 1. The number of amides is 1. The molecule has 0 saturated carbocycles. The zero-order chi connectivity index (χ0) is 12.9. The lowest BCUT2D eigenvalue weighted by molar-refractivity contribution is -0.119. The maximum absolute atomic E-state index is 10.9. The van der Waals surface area contributed by atoms with Gasteiger partial charge in [-0.2, -0.15) is 0 Å². The van der Waals surface area contributed by atoms with Gasteiger partial charge in [0.05, 0.1) is 0 Å². The lowest BCUT2D eigenvalue weighted by atomic mass is 9.92. The van der Waals surface area contributed by atoms with Crippen LogP contribution in [0, 0.1) is 11.3 Å². The second kappa shape index (κ2) is 6.74. The lowest BCUT2D eigenvalue weighted by Gasteiger charge is -2.36. The molecule has 0 bridgehead atoms. The highest BCUT2D eigenvalue weighted by Gasteiger charge is 2.24. The molecule has 0 spiro atoms. The molecule has 4 heteroatoms. The largest absolute Gasteiger partial charge is 0.356 e. The van der Waals surface area contributed by atoms with Gasteiger partial charge >= 0.3 is 0 Å². The number of alkyl halides is 1. The van der Waals surface area contributed by atoms with Crippen LogP contribution in [0.4, 0.5) is 0 Å². The summed E-state index contributed by atoms with van der Waals surface area (Å²) in [6.45, 7) is 10.5. The summed E-state index contributed by atoms with van der Waals surface area (Å²) in [6.07, 6.45) is 2.41. The van der Waals surface area contributed by atoms with Crippen LogP contribution < -0.4 is 5.32 Å². The quantitative estimate of drug-likeness (QED) is 0.790. The molecule has 17 heavy (non-hydrogen) atoms. The van der Waals surface area contributed by atoms with Crippen LogP contribution >= 0.6 is 15.9 Å². The van der Waals surface area contributed by atoms with Crippen molar-refractivity contribution in [3.63, 3.8) is 0 Å². The van der Waals surface area contributed by atoms with Gasteiger partial charge in [-0.25, -0.2) is 0 Å². The van der Waals surface area contributed by atoms with E-state index < -0.39 is 0 Å². The smallest absolute Gasteiger partial charge is 0.216 e. The first-order chi connectivity index (χ1) is 7.93. The van der Waals surface area contributed by atoms with Crippen LogP contribution in [-0.2, 0) is 4.79 Å². The van der Waals surface area contributed by atoms with E-state index >= 15 is 0 Å². The first kappa shape index (κ1) is 15.0. The molecule has 1 N–H and O–H groups in total. The molecule has 1 heterocycles. The van der Waals surface area contributed by atoms with Gasteiger partial charge in [0, 0.05) is 25.3 Å². The van der Waals surface area contributed by atoms with Crippen LogP contribution in [0.15, 0.2) is 0 Å². The van der Waals surface area contributed by atoms with Crippen LogP contribution in [0.25, 0.3) is 0 Å². The summed E-state index contributed by atoms with van der Waals surface area (Å²) in [5.41, 5.74) is 0.352. The maximum Gasteiger partial charge on any atom is 0.216 e. The van der Waals surface area contributed by atoms with Gasteiger partial charge in [0.15, 0.2) is 0 Å². The first-order valence-corrected chi connectivity index (χ1v) is 7.58. The molecular weight excluding hydrogens is 280 g/mol. The third kappa shape index (κ3) is 5.87. The molecule has 1 fully saturated rings. The van der Waals surface area contributed by atoms with Gasteiger partial charge < -0.3 is 10.2 Å². The normalized spacial score (nSPS) is 19.3. The van der Waals surface area contributed by atoms with Crippen molar-refractivity contribution in [2.75, 3.05) is 31.5 Å². The van der Waals surface area contributed by atoms with E-state index in [1.165, 1.54) is 25.9 Å². The molecule has 0 aromatic heterocycles. The monoisotopic (exact) mass is 304 g/mol. The zero-order valence-electron chi connectivity index (χ0n) is 11.3. The van der Waals surface area contributed by atoms with Crippen LogP contribution in [0.3, 0.4) is 0 Å². The highest BCUT2D eigenvalue weighted by Crippen LogP contribution is 2.23. The van der Waals surface area contributed by atoms with Gasteiger partial charge in [-0.1, -0.05) is 29.8 Å². The summed E-state index contributed by atoms with van der Waals surface area (Å²) in [5, 5.41) is 3.97. The lowest BCUT2D eigenvalue weighted by Crippen LogP contribution is -2.42. The van der Waals surface area contributed by atoms with Crippen molar-refractivity contribution in [2.45, 2.75) is 33.6 Å². The Morgan fingerprint density at radius 1 is 1.41 bits per heavy atom. The minimum Gasteiger partial charge on any atom is -0.356 e. The SMILES string of the molecule is CC(=O)NCC1CCN(CC(C)(C)CBr)CC1. The summed E-state index contributed by atoms with van der Waals surface area (Å²) < 4.78 is 0. The van der Waals surface area contributed by atoms with Crippen LogP contribution in [0.1, 0.15) is 33.6 Å². The second-order valence-electron chi connectivity index (χ2n) is 5.95. The van der Waals surface area contributed by atoms with E-state index in [-0.39, 0.29) is 5.91 Å². The fourth-order valence-electron chi connectivity index (χ4n) is 2.28. The molecule has 0 unspecified atom stereocenters. The number of rotatable bonds is 5. The maximum atomic E-state index is 10.9. The Kier molecular flexibility index (Phi) is 5.93. The van der Waals surface area contributed by atoms with E-state index in [1.54, 1.807) is 6.92 Å². The summed E-state index contributed by atoms with van der Waals surface area (Å²) >= 11 is 3.58. The minimum absolute atomic E-state index is 0.0906.